The largest absolute Gasteiger partial charge is 0.356 e. The van der Waals surface area contributed by atoms with Crippen molar-refractivity contribution in [1.82, 2.24) is 14.3 Å². The van der Waals surface area contributed by atoms with Gasteiger partial charge in [-0.05, 0) is 43.5 Å². The fraction of sp³-hybridized carbons (Fsp3) is 0.333. The zero-order valence-electron chi connectivity index (χ0n) is 17.7. The fourth-order valence-electron chi connectivity index (χ4n) is 4.42. The quantitative estimate of drug-likeness (QED) is 0.509. The number of sulfonamides is 1. The molecule has 3 heterocycles. The predicted octanol–water partition coefficient (Wildman–Crippen LogP) is 4.64. The van der Waals surface area contributed by atoms with Crippen LogP contribution in [0.2, 0.25) is 0 Å². The molecular formula is C24H25BrN4O2S. The summed E-state index contributed by atoms with van der Waals surface area (Å²) in [7, 11) is -3.59. The van der Waals surface area contributed by atoms with E-state index in [0.717, 1.165) is 53.0 Å². The predicted molar refractivity (Wildman–Crippen MR) is 129 cm³/mol. The second-order valence-corrected chi connectivity index (χ2v) is 11.1. The third kappa shape index (κ3) is 4.19. The molecule has 2 aliphatic heterocycles. The Balaban J connectivity index is 1.55. The highest BCUT2D eigenvalue weighted by atomic mass is 79.9. The van der Waals surface area contributed by atoms with Crippen LogP contribution in [0.4, 0.5) is 5.82 Å². The van der Waals surface area contributed by atoms with Gasteiger partial charge in [0, 0.05) is 48.2 Å². The topological polar surface area (TPSA) is 66.4 Å². The lowest BCUT2D eigenvalue weighted by Crippen LogP contribution is -2.39. The van der Waals surface area contributed by atoms with Crippen LogP contribution in [-0.2, 0) is 23.0 Å². The highest BCUT2D eigenvalue weighted by Crippen LogP contribution is 2.33. The molecule has 1 aromatic heterocycles. The average molecular weight is 513 g/mol. The standard InChI is InChI=1S/C24H25BrN4O2S/c25-19-9-11-20(12-10-19)32(30,31)29-16-13-22-21(17-29)24(28-14-5-2-6-15-28)27-23(26-22)18-7-3-1-4-8-18/h1,3-4,7-12H,2,5-6,13-17H2. The maximum Gasteiger partial charge on any atom is 0.243 e. The van der Waals surface area contributed by atoms with Crippen LogP contribution in [0.25, 0.3) is 11.4 Å². The summed E-state index contributed by atoms with van der Waals surface area (Å²) in [5, 5.41) is 0. The van der Waals surface area contributed by atoms with Gasteiger partial charge in [-0.1, -0.05) is 46.3 Å². The smallest absolute Gasteiger partial charge is 0.243 e. The molecule has 2 aromatic carbocycles. The van der Waals surface area contributed by atoms with E-state index in [0.29, 0.717) is 30.2 Å². The molecule has 0 bridgehead atoms. The first-order chi connectivity index (χ1) is 15.5. The Kier molecular flexibility index (Phi) is 6.01. The molecule has 0 unspecified atom stereocenters. The van der Waals surface area contributed by atoms with Gasteiger partial charge in [-0.2, -0.15) is 4.31 Å². The number of rotatable bonds is 4. The van der Waals surface area contributed by atoms with Crippen LogP contribution in [0.1, 0.15) is 30.5 Å². The molecule has 2 aliphatic rings. The monoisotopic (exact) mass is 512 g/mol. The van der Waals surface area contributed by atoms with Gasteiger partial charge in [0.2, 0.25) is 10.0 Å². The number of fused-ring (bicyclic) bond motifs is 1. The van der Waals surface area contributed by atoms with Crippen molar-refractivity contribution in [3.8, 4) is 11.4 Å². The van der Waals surface area contributed by atoms with Gasteiger partial charge < -0.3 is 4.90 Å². The van der Waals surface area contributed by atoms with Crippen molar-refractivity contribution in [3.05, 3.63) is 70.3 Å². The van der Waals surface area contributed by atoms with Crippen molar-refractivity contribution in [2.45, 2.75) is 37.1 Å². The van der Waals surface area contributed by atoms with Crippen LogP contribution in [0.3, 0.4) is 0 Å². The molecule has 0 spiro atoms. The molecule has 3 aromatic rings. The number of halogens is 1. The lowest BCUT2D eigenvalue weighted by molar-refractivity contribution is 0.386. The Labute approximate surface area is 197 Å². The lowest BCUT2D eigenvalue weighted by Gasteiger charge is -2.34. The molecule has 6 nitrogen and oxygen atoms in total. The minimum absolute atomic E-state index is 0.300. The molecule has 5 rings (SSSR count). The Morgan fingerprint density at radius 1 is 0.844 bits per heavy atom. The minimum Gasteiger partial charge on any atom is -0.356 e. The van der Waals surface area contributed by atoms with Gasteiger partial charge in [-0.25, -0.2) is 18.4 Å². The average Bonchev–Trinajstić information content (AvgIpc) is 2.84. The summed E-state index contributed by atoms with van der Waals surface area (Å²) in [4.78, 5) is 12.5. The molecule has 0 amide bonds. The normalized spacial score (nSPS) is 17.2. The molecule has 0 atom stereocenters. The van der Waals surface area contributed by atoms with Crippen molar-refractivity contribution in [3.63, 3.8) is 0 Å². The maximum atomic E-state index is 13.3. The zero-order chi connectivity index (χ0) is 22.1. The van der Waals surface area contributed by atoms with Crippen LogP contribution >= 0.6 is 15.9 Å². The Morgan fingerprint density at radius 3 is 2.28 bits per heavy atom. The van der Waals surface area contributed by atoms with E-state index in [4.69, 9.17) is 9.97 Å². The molecule has 0 saturated carbocycles. The molecule has 0 aliphatic carbocycles. The summed E-state index contributed by atoms with van der Waals surface area (Å²) in [5.41, 5.74) is 2.89. The number of benzene rings is 2. The Morgan fingerprint density at radius 2 is 1.56 bits per heavy atom. The third-order valence-electron chi connectivity index (χ3n) is 6.14. The first-order valence-corrected chi connectivity index (χ1v) is 13.2. The van der Waals surface area contributed by atoms with Gasteiger partial charge in [-0.3, -0.25) is 0 Å². The third-order valence-corrected chi connectivity index (χ3v) is 8.53. The van der Waals surface area contributed by atoms with Crippen LogP contribution in [-0.4, -0.2) is 42.3 Å². The molecule has 166 valence electrons. The SMILES string of the molecule is O=S(=O)(c1ccc(Br)cc1)N1CCc2nc(-c3ccccc3)nc(N3CCCCC3)c2C1. The molecule has 32 heavy (non-hydrogen) atoms. The molecule has 1 fully saturated rings. The van der Waals surface area contributed by atoms with Crippen molar-refractivity contribution < 1.29 is 8.42 Å². The van der Waals surface area contributed by atoms with Crippen LogP contribution in [0, 0.1) is 0 Å². The van der Waals surface area contributed by atoms with Crippen molar-refractivity contribution in [2.75, 3.05) is 24.5 Å². The lowest BCUT2D eigenvalue weighted by atomic mass is 10.0. The summed E-state index contributed by atoms with van der Waals surface area (Å²) in [6.07, 6.45) is 4.05. The summed E-state index contributed by atoms with van der Waals surface area (Å²) >= 11 is 3.38. The summed E-state index contributed by atoms with van der Waals surface area (Å²) in [5.74, 6) is 1.61. The van der Waals surface area contributed by atoms with Crippen molar-refractivity contribution in [1.29, 1.82) is 0 Å². The number of hydrogen-bond acceptors (Lipinski definition) is 5. The van der Waals surface area contributed by atoms with Crippen molar-refractivity contribution in [2.24, 2.45) is 0 Å². The Hall–Kier alpha value is -2.29. The van der Waals surface area contributed by atoms with Crippen LogP contribution in [0.5, 0.6) is 0 Å². The second-order valence-electron chi connectivity index (χ2n) is 8.25. The minimum atomic E-state index is -3.59. The highest BCUT2D eigenvalue weighted by molar-refractivity contribution is 9.10. The highest BCUT2D eigenvalue weighted by Gasteiger charge is 2.32. The van der Waals surface area contributed by atoms with Crippen LogP contribution in [0.15, 0.2) is 64.0 Å². The van der Waals surface area contributed by atoms with Gasteiger partial charge in [-0.15, -0.1) is 0 Å². The zero-order valence-corrected chi connectivity index (χ0v) is 20.1. The van der Waals surface area contributed by atoms with Crippen LogP contribution < -0.4 is 4.90 Å². The van der Waals surface area contributed by atoms with E-state index in [-0.39, 0.29) is 0 Å². The molecular weight excluding hydrogens is 488 g/mol. The summed E-state index contributed by atoms with van der Waals surface area (Å²) in [6.45, 7) is 2.60. The van der Waals surface area contributed by atoms with Gasteiger partial charge in [0.25, 0.3) is 0 Å². The van der Waals surface area contributed by atoms with E-state index in [1.807, 2.05) is 30.3 Å². The van der Waals surface area contributed by atoms with E-state index >= 15 is 0 Å². The fourth-order valence-corrected chi connectivity index (χ4v) is 6.09. The van der Waals surface area contributed by atoms with E-state index < -0.39 is 10.0 Å². The van der Waals surface area contributed by atoms with E-state index in [1.165, 1.54) is 6.42 Å². The van der Waals surface area contributed by atoms with Gasteiger partial charge >= 0.3 is 0 Å². The number of anilines is 1. The summed E-state index contributed by atoms with van der Waals surface area (Å²) < 4.78 is 29.1. The number of aromatic nitrogens is 2. The molecule has 1 saturated heterocycles. The van der Waals surface area contributed by atoms with E-state index in [1.54, 1.807) is 28.6 Å². The molecule has 0 radical (unpaired) electrons. The molecule has 0 N–H and O–H groups in total. The van der Waals surface area contributed by atoms with E-state index in [2.05, 4.69) is 20.8 Å². The van der Waals surface area contributed by atoms with Gasteiger partial charge in [0.1, 0.15) is 5.82 Å². The van der Waals surface area contributed by atoms with E-state index in [9.17, 15) is 8.42 Å². The number of nitrogens with zero attached hydrogens (tertiary/aromatic N) is 4. The van der Waals surface area contributed by atoms with Gasteiger partial charge in [0.05, 0.1) is 10.6 Å². The summed E-state index contributed by atoms with van der Waals surface area (Å²) in [6, 6.07) is 16.8. The number of hydrogen-bond donors (Lipinski definition) is 0. The second kappa shape index (κ2) is 8.92. The van der Waals surface area contributed by atoms with Crippen molar-refractivity contribution >= 4 is 31.8 Å². The maximum absolute atomic E-state index is 13.3. The first-order valence-electron chi connectivity index (χ1n) is 11.0. The molecule has 8 heteroatoms. The first kappa shape index (κ1) is 21.6. The number of piperidine rings is 1. The Bertz CT molecular complexity index is 1210. The van der Waals surface area contributed by atoms with Gasteiger partial charge in [0.15, 0.2) is 5.82 Å².